The third kappa shape index (κ3) is 2.94. The number of nitrogens with zero attached hydrogens (tertiary/aromatic N) is 3. The minimum atomic E-state index is 0.215. The second-order valence-corrected chi connectivity index (χ2v) is 4.64. The predicted molar refractivity (Wildman–Crippen MR) is 68.1 cm³/mol. The molecular formula is C13H21N3O. The molecule has 0 saturated carbocycles. The zero-order chi connectivity index (χ0) is 12.1. The molecule has 2 rings (SSSR count). The van der Waals surface area contributed by atoms with Crippen molar-refractivity contribution < 1.29 is 5.11 Å². The Hall–Kier alpha value is -1.16. The van der Waals surface area contributed by atoms with E-state index in [0.29, 0.717) is 0 Å². The normalized spacial score (nSPS) is 20.6. The summed E-state index contributed by atoms with van der Waals surface area (Å²) in [6.45, 7) is 3.36. The molecule has 0 radical (unpaired) electrons. The van der Waals surface area contributed by atoms with Crippen molar-refractivity contribution in [3.05, 3.63) is 18.1 Å². The molecule has 1 atom stereocenters. The summed E-state index contributed by atoms with van der Waals surface area (Å²) in [5.41, 5.74) is 1.10. The van der Waals surface area contributed by atoms with E-state index in [-0.39, 0.29) is 12.6 Å². The van der Waals surface area contributed by atoms with Crippen LogP contribution >= 0.6 is 0 Å². The highest BCUT2D eigenvalue weighted by molar-refractivity contribution is 5.40. The third-order valence-corrected chi connectivity index (χ3v) is 3.35. The summed E-state index contributed by atoms with van der Waals surface area (Å²) in [6.07, 6.45) is 7.18. The summed E-state index contributed by atoms with van der Waals surface area (Å²) in [4.78, 5) is 10.8. The molecule has 1 saturated heterocycles. The molecular weight excluding hydrogens is 214 g/mol. The summed E-state index contributed by atoms with van der Waals surface area (Å²) < 4.78 is 0. The minimum absolute atomic E-state index is 0.215. The SMILES string of the molecule is CCCc1cc(N2CCCCC2CO)ncn1. The van der Waals surface area contributed by atoms with Gasteiger partial charge in [-0.1, -0.05) is 13.3 Å². The van der Waals surface area contributed by atoms with E-state index in [9.17, 15) is 5.11 Å². The third-order valence-electron chi connectivity index (χ3n) is 3.35. The Bertz CT molecular complexity index is 356. The van der Waals surface area contributed by atoms with Crippen LogP contribution in [0.1, 0.15) is 38.3 Å². The van der Waals surface area contributed by atoms with Crippen LogP contribution in [-0.4, -0.2) is 34.3 Å². The van der Waals surface area contributed by atoms with Gasteiger partial charge < -0.3 is 10.0 Å². The van der Waals surface area contributed by atoms with Gasteiger partial charge in [-0.25, -0.2) is 9.97 Å². The predicted octanol–water partition coefficient (Wildman–Crippen LogP) is 1.78. The van der Waals surface area contributed by atoms with Gasteiger partial charge >= 0.3 is 0 Å². The van der Waals surface area contributed by atoms with Crippen molar-refractivity contribution in [2.45, 2.75) is 45.1 Å². The fraction of sp³-hybridized carbons (Fsp3) is 0.692. The Morgan fingerprint density at radius 3 is 3.06 bits per heavy atom. The van der Waals surface area contributed by atoms with E-state index in [4.69, 9.17) is 0 Å². The largest absolute Gasteiger partial charge is 0.394 e. The Labute approximate surface area is 103 Å². The Morgan fingerprint density at radius 1 is 1.41 bits per heavy atom. The number of aliphatic hydroxyl groups is 1. The molecule has 0 spiro atoms. The maximum Gasteiger partial charge on any atom is 0.132 e. The lowest BCUT2D eigenvalue weighted by atomic mass is 10.0. The van der Waals surface area contributed by atoms with Gasteiger partial charge in [-0.2, -0.15) is 0 Å². The van der Waals surface area contributed by atoms with Crippen molar-refractivity contribution in [2.75, 3.05) is 18.1 Å². The van der Waals surface area contributed by atoms with Crippen molar-refractivity contribution in [1.29, 1.82) is 0 Å². The van der Waals surface area contributed by atoms with Crippen molar-refractivity contribution in [3.63, 3.8) is 0 Å². The summed E-state index contributed by atoms with van der Waals surface area (Å²) in [5, 5.41) is 9.41. The number of aromatic nitrogens is 2. The number of aryl methyl sites for hydroxylation is 1. The molecule has 1 aliphatic heterocycles. The van der Waals surface area contributed by atoms with E-state index >= 15 is 0 Å². The Kier molecular flexibility index (Phi) is 4.31. The molecule has 1 aromatic heterocycles. The number of hydrogen-bond acceptors (Lipinski definition) is 4. The molecule has 1 fully saturated rings. The van der Waals surface area contributed by atoms with Gasteiger partial charge in [0.25, 0.3) is 0 Å². The fourth-order valence-electron chi connectivity index (χ4n) is 2.43. The zero-order valence-corrected chi connectivity index (χ0v) is 10.5. The van der Waals surface area contributed by atoms with E-state index in [1.165, 1.54) is 12.8 Å². The topological polar surface area (TPSA) is 49.2 Å². The summed E-state index contributed by atoms with van der Waals surface area (Å²) in [5.74, 6) is 0.974. The second kappa shape index (κ2) is 5.96. The van der Waals surface area contributed by atoms with Crippen molar-refractivity contribution >= 4 is 5.82 Å². The van der Waals surface area contributed by atoms with Gasteiger partial charge in [0.15, 0.2) is 0 Å². The number of rotatable bonds is 4. The van der Waals surface area contributed by atoms with Crippen LogP contribution in [0.3, 0.4) is 0 Å². The number of anilines is 1. The molecule has 0 bridgehead atoms. The first-order valence-electron chi connectivity index (χ1n) is 6.53. The van der Waals surface area contributed by atoms with E-state index in [1.807, 2.05) is 0 Å². The lowest BCUT2D eigenvalue weighted by Gasteiger charge is -2.35. The van der Waals surface area contributed by atoms with Crippen LogP contribution in [0.5, 0.6) is 0 Å². The summed E-state index contributed by atoms with van der Waals surface area (Å²) >= 11 is 0. The first-order chi connectivity index (χ1) is 8.35. The van der Waals surface area contributed by atoms with E-state index in [1.54, 1.807) is 6.33 Å². The molecule has 0 aliphatic carbocycles. The number of aliphatic hydroxyl groups excluding tert-OH is 1. The van der Waals surface area contributed by atoms with Gasteiger partial charge in [0.1, 0.15) is 12.1 Å². The first-order valence-corrected chi connectivity index (χ1v) is 6.53. The smallest absolute Gasteiger partial charge is 0.132 e. The monoisotopic (exact) mass is 235 g/mol. The maximum atomic E-state index is 9.41. The molecule has 1 N–H and O–H groups in total. The van der Waals surface area contributed by atoms with E-state index in [0.717, 1.165) is 37.3 Å². The highest BCUT2D eigenvalue weighted by Gasteiger charge is 2.22. The van der Waals surface area contributed by atoms with Gasteiger partial charge in [0.2, 0.25) is 0 Å². The van der Waals surface area contributed by atoms with Crippen LogP contribution in [0, 0.1) is 0 Å². The van der Waals surface area contributed by atoms with Gasteiger partial charge in [-0.05, 0) is 25.7 Å². The first kappa shape index (κ1) is 12.3. The molecule has 94 valence electrons. The van der Waals surface area contributed by atoms with Crippen LogP contribution in [-0.2, 0) is 6.42 Å². The van der Waals surface area contributed by atoms with Crippen molar-refractivity contribution in [2.24, 2.45) is 0 Å². The average molecular weight is 235 g/mol. The molecule has 17 heavy (non-hydrogen) atoms. The second-order valence-electron chi connectivity index (χ2n) is 4.64. The summed E-state index contributed by atoms with van der Waals surface area (Å²) in [7, 11) is 0. The molecule has 2 heterocycles. The standard InChI is InChI=1S/C13H21N3O/c1-2-5-11-8-13(15-10-14-11)16-7-4-3-6-12(16)9-17/h8,10,12,17H,2-7,9H2,1H3. The van der Waals surface area contributed by atoms with Crippen LogP contribution in [0.25, 0.3) is 0 Å². The highest BCUT2D eigenvalue weighted by Crippen LogP contribution is 2.23. The lowest BCUT2D eigenvalue weighted by molar-refractivity contribution is 0.239. The minimum Gasteiger partial charge on any atom is -0.394 e. The average Bonchev–Trinajstić information content (AvgIpc) is 2.39. The quantitative estimate of drug-likeness (QED) is 0.864. The molecule has 4 nitrogen and oxygen atoms in total. The molecule has 0 amide bonds. The van der Waals surface area contributed by atoms with Gasteiger partial charge in [-0.3, -0.25) is 0 Å². The number of hydrogen-bond donors (Lipinski definition) is 1. The van der Waals surface area contributed by atoms with E-state index in [2.05, 4.69) is 27.9 Å². The van der Waals surface area contributed by atoms with Gasteiger partial charge in [-0.15, -0.1) is 0 Å². The molecule has 1 aliphatic rings. The Balaban J connectivity index is 2.16. The number of piperidine rings is 1. The summed E-state index contributed by atoms with van der Waals surface area (Å²) in [6, 6.07) is 2.30. The van der Waals surface area contributed by atoms with Crippen LogP contribution in [0.2, 0.25) is 0 Å². The van der Waals surface area contributed by atoms with Gasteiger partial charge in [0.05, 0.1) is 12.6 Å². The van der Waals surface area contributed by atoms with Crippen molar-refractivity contribution in [1.82, 2.24) is 9.97 Å². The van der Waals surface area contributed by atoms with Crippen LogP contribution in [0.4, 0.5) is 5.82 Å². The lowest BCUT2D eigenvalue weighted by Crippen LogP contribution is -2.42. The molecule has 1 aromatic rings. The van der Waals surface area contributed by atoms with Crippen molar-refractivity contribution in [3.8, 4) is 0 Å². The maximum absolute atomic E-state index is 9.41. The van der Waals surface area contributed by atoms with Crippen LogP contribution in [0.15, 0.2) is 12.4 Å². The van der Waals surface area contributed by atoms with E-state index < -0.39 is 0 Å². The van der Waals surface area contributed by atoms with Crippen LogP contribution < -0.4 is 4.90 Å². The Morgan fingerprint density at radius 2 is 2.29 bits per heavy atom. The molecule has 4 heteroatoms. The fourth-order valence-corrected chi connectivity index (χ4v) is 2.43. The zero-order valence-electron chi connectivity index (χ0n) is 10.5. The molecule has 1 unspecified atom stereocenters. The van der Waals surface area contributed by atoms with Gasteiger partial charge in [0, 0.05) is 18.3 Å². The molecule has 0 aromatic carbocycles. The highest BCUT2D eigenvalue weighted by atomic mass is 16.3.